The highest BCUT2D eigenvalue weighted by Gasteiger charge is 2.16. The van der Waals surface area contributed by atoms with Crippen LogP contribution >= 0.6 is 15.9 Å². The quantitative estimate of drug-likeness (QED) is 0.227. The number of aryl methyl sites for hydroxylation is 2. The number of urea groups is 1. The van der Waals surface area contributed by atoms with E-state index in [1.54, 1.807) is 0 Å². The van der Waals surface area contributed by atoms with E-state index in [1.165, 1.54) is 0 Å². The summed E-state index contributed by atoms with van der Waals surface area (Å²) in [5.41, 5.74) is 9.76. The topological polar surface area (TPSA) is 97.9 Å². The Morgan fingerprint density at radius 3 is 2.79 bits per heavy atom. The Labute approximate surface area is 204 Å². The number of benzene rings is 2. The van der Waals surface area contributed by atoms with Crippen molar-refractivity contribution < 1.29 is 7.65 Å². The van der Waals surface area contributed by atoms with Crippen LogP contribution in [0.1, 0.15) is 41.3 Å². The third kappa shape index (κ3) is 5.45. The van der Waals surface area contributed by atoms with E-state index in [9.17, 15) is 4.79 Å². The van der Waals surface area contributed by atoms with Crippen LogP contribution in [0.25, 0.3) is 21.9 Å². The smallest absolute Gasteiger partial charge is 0.319 e. The lowest BCUT2D eigenvalue weighted by atomic mass is 10.2. The number of carbonyl (C=O) groups excluding carboxylic acids is 1. The Kier molecular flexibility index (Phi) is 7.44. The van der Waals surface area contributed by atoms with Crippen LogP contribution in [0.3, 0.4) is 0 Å². The Bertz CT molecular complexity index is 1280. The number of hydrogen-bond donors (Lipinski definition) is 3. The Morgan fingerprint density at radius 1 is 1.12 bits per heavy atom. The molecule has 0 spiro atoms. The first-order valence-electron chi connectivity index (χ1n) is 11.4. The Morgan fingerprint density at radius 2 is 1.97 bits per heavy atom. The number of nitrogens with one attached hydrogen (secondary N) is 2. The number of halogens is 1. The maximum absolute atomic E-state index is 12.2. The van der Waals surface area contributed by atoms with Crippen molar-refractivity contribution in [2.75, 3.05) is 17.6 Å². The number of hydrogen-bond acceptors (Lipinski definition) is 4. The number of nitrogen functional groups attached to an aromatic ring is 1. The van der Waals surface area contributed by atoms with Crippen molar-refractivity contribution >= 4 is 55.4 Å². The summed E-state index contributed by atoms with van der Waals surface area (Å²) in [7, 11) is 0. The van der Waals surface area contributed by atoms with Crippen molar-refractivity contribution in [1.82, 2.24) is 19.9 Å². The van der Waals surface area contributed by atoms with Gasteiger partial charge in [0.25, 0.3) is 0 Å². The molecule has 0 aliphatic rings. The van der Waals surface area contributed by atoms with Crippen LogP contribution in [-0.2, 0) is 13.0 Å². The molecule has 8 heteroatoms. The molecule has 0 aliphatic heterocycles. The zero-order valence-electron chi connectivity index (χ0n) is 18.8. The SMILES string of the molecule is CCCCc1nc2c(N)nc3ccccc3c2n1CCCCNC(=O)Nc1cccc(Br)c1.[HH].[HH]. The van der Waals surface area contributed by atoms with Gasteiger partial charge in [-0.1, -0.05) is 53.5 Å². The molecule has 2 aromatic carbocycles. The second-order valence-corrected chi connectivity index (χ2v) is 9.01. The van der Waals surface area contributed by atoms with E-state index in [2.05, 4.69) is 49.1 Å². The van der Waals surface area contributed by atoms with E-state index in [-0.39, 0.29) is 8.88 Å². The highest BCUT2D eigenvalue weighted by atomic mass is 79.9. The lowest BCUT2D eigenvalue weighted by Crippen LogP contribution is -2.29. The number of fused-ring (bicyclic) bond motifs is 3. The van der Waals surface area contributed by atoms with Gasteiger partial charge in [0.05, 0.1) is 11.0 Å². The molecule has 0 saturated heterocycles. The first-order chi connectivity index (χ1) is 16.1. The van der Waals surface area contributed by atoms with Crippen molar-refractivity contribution in [2.45, 2.75) is 45.6 Å². The molecular weight excluding hydrogens is 480 g/mol. The molecule has 4 aromatic rings. The number of imidazole rings is 1. The van der Waals surface area contributed by atoms with Gasteiger partial charge in [0.2, 0.25) is 0 Å². The number of para-hydroxylation sites is 1. The summed E-state index contributed by atoms with van der Waals surface area (Å²) < 4.78 is 3.22. The molecule has 0 fully saturated rings. The zero-order valence-corrected chi connectivity index (χ0v) is 20.4. The van der Waals surface area contributed by atoms with E-state index >= 15 is 0 Å². The molecule has 0 atom stereocenters. The molecule has 4 N–H and O–H groups in total. The predicted molar refractivity (Wildman–Crippen MR) is 143 cm³/mol. The minimum absolute atomic E-state index is 0. The van der Waals surface area contributed by atoms with Crippen LogP contribution in [-0.4, -0.2) is 27.1 Å². The zero-order chi connectivity index (χ0) is 23.2. The number of rotatable bonds is 9. The minimum Gasteiger partial charge on any atom is -0.382 e. The summed E-state index contributed by atoms with van der Waals surface area (Å²) in [6.45, 7) is 3.60. The van der Waals surface area contributed by atoms with Gasteiger partial charge in [-0.3, -0.25) is 0 Å². The first-order valence-corrected chi connectivity index (χ1v) is 12.2. The van der Waals surface area contributed by atoms with E-state index in [0.717, 1.165) is 76.6 Å². The van der Waals surface area contributed by atoms with Gasteiger partial charge in [-0.05, 0) is 43.5 Å². The fourth-order valence-corrected chi connectivity index (χ4v) is 4.41. The van der Waals surface area contributed by atoms with Gasteiger partial charge in [0.1, 0.15) is 11.3 Å². The summed E-state index contributed by atoms with van der Waals surface area (Å²) in [6, 6.07) is 15.4. The summed E-state index contributed by atoms with van der Waals surface area (Å²) in [5.74, 6) is 1.53. The molecule has 7 nitrogen and oxygen atoms in total. The minimum atomic E-state index is -0.199. The standard InChI is InChI=1S/C25H29BrN6O.2H2/c1-2-3-13-21-31-22-23(19-11-4-5-12-20(19)30-24(22)27)32(21)15-7-6-14-28-25(33)29-18-10-8-9-17(26)16-18;;/h4-5,8-12,16H,2-3,6-7,13-15H2,1H3,(H2,27,30)(H2,28,29,33);2*1H. The molecule has 0 aliphatic carbocycles. The summed E-state index contributed by atoms with van der Waals surface area (Å²) in [5, 5.41) is 6.86. The van der Waals surface area contributed by atoms with Crippen molar-refractivity contribution in [3.63, 3.8) is 0 Å². The van der Waals surface area contributed by atoms with E-state index in [4.69, 9.17) is 10.7 Å². The van der Waals surface area contributed by atoms with Crippen LogP contribution < -0.4 is 16.4 Å². The summed E-state index contributed by atoms with van der Waals surface area (Å²) >= 11 is 3.41. The maximum atomic E-state index is 12.2. The third-order valence-corrected chi connectivity index (χ3v) is 6.11. The van der Waals surface area contributed by atoms with Crippen LogP contribution in [0, 0.1) is 0 Å². The van der Waals surface area contributed by atoms with Gasteiger partial charge in [-0.25, -0.2) is 14.8 Å². The number of anilines is 2. The second-order valence-electron chi connectivity index (χ2n) is 8.09. The summed E-state index contributed by atoms with van der Waals surface area (Å²) in [6.07, 6.45) is 4.86. The Balaban J connectivity index is 0.00000216. The lowest BCUT2D eigenvalue weighted by Gasteiger charge is -2.12. The van der Waals surface area contributed by atoms with Gasteiger partial charge in [-0.2, -0.15) is 0 Å². The second kappa shape index (κ2) is 10.7. The molecule has 0 unspecified atom stereocenters. The fourth-order valence-electron chi connectivity index (χ4n) is 4.01. The number of nitrogens with two attached hydrogens (primary N) is 1. The Hall–Kier alpha value is -3.13. The average Bonchev–Trinajstić information content (AvgIpc) is 3.17. The number of aromatic nitrogens is 3. The number of nitrogens with zero attached hydrogens (tertiary/aromatic N) is 3. The third-order valence-electron chi connectivity index (χ3n) is 5.62. The van der Waals surface area contributed by atoms with Crippen molar-refractivity contribution in [1.29, 1.82) is 0 Å². The molecule has 2 heterocycles. The molecule has 2 amide bonds. The van der Waals surface area contributed by atoms with Gasteiger partial charge in [-0.15, -0.1) is 0 Å². The van der Waals surface area contributed by atoms with Crippen LogP contribution in [0.2, 0.25) is 0 Å². The average molecular weight is 513 g/mol. The van der Waals surface area contributed by atoms with Gasteiger partial charge in [0.15, 0.2) is 5.82 Å². The van der Waals surface area contributed by atoms with E-state index < -0.39 is 0 Å². The highest BCUT2D eigenvalue weighted by molar-refractivity contribution is 9.10. The first kappa shape index (κ1) is 23.0. The summed E-state index contributed by atoms with van der Waals surface area (Å²) in [4.78, 5) is 21.6. The van der Waals surface area contributed by atoms with Crippen molar-refractivity contribution in [2.24, 2.45) is 0 Å². The normalized spacial score (nSPS) is 11.2. The number of pyridine rings is 1. The molecule has 2 aromatic heterocycles. The molecule has 176 valence electrons. The van der Waals surface area contributed by atoms with Crippen molar-refractivity contribution in [3.05, 3.63) is 58.8 Å². The van der Waals surface area contributed by atoms with Gasteiger partial charge >= 0.3 is 6.03 Å². The van der Waals surface area contributed by atoms with E-state index in [0.29, 0.717) is 12.4 Å². The molecule has 4 rings (SSSR count). The van der Waals surface area contributed by atoms with Gasteiger partial charge < -0.3 is 20.9 Å². The van der Waals surface area contributed by atoms with Crippen LogP contribution in [0.5, 0.6) is 0 Å². The molecule has 0 saturated carbocycles. The number of unbranched alkanes of at least 4 members (excludes halogenated alkanes) is 2. The lowest BCUT2D eigenvalue weighted by molar-refractivity contribution is 0.252. The fraction of sp³-hybridized carbons (Fsp3) is 0.320. The molecule has 33 heavy (non-hydrogen) atoms. The largest absolute Gasteiger partial charge is 0.382 e. The predicted octanol–water partition coefficient (Wildman–Crippen LogP) is 6.37. The van der Waals surface area contributed by atoms with Gasteiger partial charge in [0, 0.05) is 37.9 Å². The van der Waals surface area contributed by atoms with E-state index in [1.807, 2.05) is 42.5 Å². The highest BCUT2D eigenvalue weighted by Crippen LogP contribution is 2.29. The number of amides is 2. The molecule has 0 bridgehead atoms. The van der Waals surface area contributed by atoms with Crippen LogP contribution in [0.4, 0.5) is 16.3 Å². The van der Waals surface area contributed by atoms with Crippen LogP contribution in [0.15, 0.2) is 53.0 Å². The molecular formula is C25H33BrN6O. The maximum Gasteiger partial charge on any atom is 0.319 e. The monoisotopic (exact) mass is 512 g/mol. The van der Waals surface area contributed by atoms with Crippen molar-refractivity contribution in [3.8, 4) is 0 Å². The number of carbonyl (C=O) groups is 1. The molecule has 0 radical (unpaired) electrons.